The van der Waals surface area contributed by atoms with Crippen molar-refractivity contribution in [3.05, 3.63) is 65.2 Å². The van der Waals surface area contributed by atoms with Crippen LogP contribution in [0.15, 0.2) is 48.5 Å². The van der Waals surface area contributed by atoms with E-state index < -0.39 is 7.60 Å². The zero-order valence-corrected chi connectivity index (χ0v) is 31.6. The van der Waals surface area contributed by atoms with E-state index in [1.165, 1.54) is 0 Å². The first-order valence-electron chi connectivity index (χ1n) is 17.3. The Kier molecular flexibility index (Phi) is 18.4. The summed E-state index contributed by atoms with van der Waals surface area (Å²) in [5, 5.41) is 5.92. The van der Waals surface area contributed by atoms with Crippen molar-refractivity contribution >= 4 is 52.6 Å². The predicted molar refractivity (Wildman–Crippen MR) is 203 cm³/mol. The van der Waals surface area contributed by atoms with E-state index in [1.807, 2.05) is 48.5 Å². The van der Waals surface area contributed by atoms with Gasteiger partial charge >= 0.3 is 7.60 Å². The van der Waals surface area contributed by atoms with Crippen LogP contribution in [0, 0.1) is 17.8 Å². The van der Waals surface area contributed by atoms with Gasteiger partial charge in [-0.1, -0.05) is 97.4 Å². The topological polar surface area (TPSA) is 125 Å². The van der Waals surface area contributed by atoms with Crippen LogP contribution >= 0.6 is 29.2 Å². The third-order valence-corrected chi connectivity index (χ3v) is 12.5. The molecule has 0 fully saturated rings. The summed E-state index contributed by atoms with van der Waals surface area (Å²) >= 11 is 0. The number of hydrogen-bond acceptors (Lipinski definition) is 7. The molecule has 1 aliphatic heterocycles. The maximum Gasteiger partial charge on any atom is 0.330 e. The molecule has 1 aliphatic rings. The molecule has 0 bridgehead atoms. The first kappa shape index (κ1) is 40.7. The van der Waals surface area contributed by atoms with Crippen LogP contribution in [0.25, 0.3) is 0 Å². The molecule has 0 radical (unpaired) electrons. The molecule has 0 saturated heterocycles. The monoisotopic (exact) mass is 729 g/mol. The average molecular weight is 730 g/mol. The lowest BCUT2D eigenvalue weighted by Crippen LogP contribution is -2.33. The van der Waals surface area contributed by atoms with Gasteiger partial charge in [0, 0.05) is 55.0 Å². The highest BCUT2D eigenvalue weighted by molar-refractivity contribution is 8.76. The summed E-state index contributed by atoms with van der Waals surface area (Å²) in [6.45, 7) is 7.43. The van der Waals surface area contributed by atoms with Crippen LogP contribution in [-0.4, -0.2) is 59.5 Å². The van der Waals surface area contributed by atoms with Gasteiger partial charge in [0.2, 0.25) is 17.7 Å². The molecule has 3 rings (SSSR count). The van der Waals surface area contributed by atoms with Crippen LogP contribution in [0.2, 0.25) is 0 Å². The number of para-hydroxylation sites is 1. The molecule has 2 unspecified atom stereocenters. The van der Waals surface area contributed by atoms with E-state index in [2.05, 4.69) is 29.4 Å². The molecule has 1 heterocycles. The third-order valence-electron chi connectivity index (χ3n) is 8.21. The summed E-state index contributed by atoms with van der Waals surface area (Å²) in [6.07, 6.45) is 6.11. The second-order valence-electron chi connectivity index (χ2n) is 12.6. The predicted octanol–water partition coefficient (Wildman–Crippen LogP) is 7.30. The van der Waals surface area contributed by atoms with Gasteiger partial charge < -0.3 is 25.0 Å². The fourth-order valence-corrected chi connectivity index (χ4v) is 7.87. The van der Waals surface area contributed by atoms with Crippen molar-refractivity contribution in [3.8, 4) is 11.8 Å². The molecule has 0 spiro atoms. The highest BCUT2D eigenvalue weighted by atomic mass is 33.1. The molecule has 0 saturated carbocycles. The number of fused-ring (bicyclic) bond motifs is 2. The number of anilines is 1. The van der Waals surface area contributed by atoms with E-state index in [4.69, 9.17) is 4.52 Å². The molecule has 268 valence electrons. The Bertz CT molecular complexity index is 1480. The Morgan fingerprint density at radius 1 is 0.837 bits per heavy atom. The smallest absolute Gasteiger partial charge is 0.330 e. The first-order valence-corrected chi connectivity index (χ1v) is 21.4. The van der Waals surface area contributed by atoms with Gasteiger partial charge in [0.05, 0.1) is 24.5 Å². The number of rotatable bonds is 22. The van der Waals surface area contributed by atoms with Gasteiger partial charge in [-0.2, -0.15) is 0 Å². The lowest BCUT2D eigenvalue weighted by molar-refractivity contribution is -0.125. The number of hydrogen-bond donors (Lipinski definition) is 3. The average Bonchev–Trinajstić information content (AvgIpc) is 3.07. The van der Waals surface area contributed by atoms with Gasteiger partial charge in [-0.3, -0.25) is 18.9 Å². The number of amides is 3. The standard InChI is InChI=1S/C37H52N3O6PS2/c1-29(2)47(44,45)46-25-11-5-4-10-23-38-35(41)19-16-30(3)22-26-48-49-27-24-39-36(42)20-21-37(43)40-28-33-14-7-6-12-31(33)17-18-32-13-8-9-15-34(32)40/h6-9,12-15,29-30H,4-5,10-11,16,19-28H2,1-3H3,(H,38,41)(H,39,42)(H,44,45). The van der Waals surface area contributed by atoms with Crippen molar-refractivity contribution in [2.45, 2.75) is 90.8 Å². The van der Waals surface area contributed by atoms with E-state index in [1.54, 1.807) is 40.3 Å². The molecule has 9 nitrogen and oxygen atoms in total. The molecule has 2 atom stereocenters. The molecule has 12 heteroatoms. The fourth-order valence-electron chi connectivity index (χ4n) is 5.01. The first-order chi connectivity index (χ1) is 23.6. The zero-order valence-electron chi connectivity index (χ0n) is 29.1. The van der Waals surface area contributed by atoms with Gasteiger partial charge in [0.15, 0.2) is 0 Å². The normalized spacial score (nSPS) is 13.9. The SMILES string of the molecule is CC(CCSSCCNC(=O)CCC(=O)N1Cc2ccccc2C#Cc2ccccc21)CCC(=O)NCCCCCCOP(=O)(O)C(C)C. The van der Waals surface area contributed by atoms with Crippen LogP contribution in [0.5, 0.6) is 0 Å². The Morgan fingerprint density at radius 3 is 2.29 bits per heavy atom. The highest BCUT2D eigenvalue weighted by Gasteiger charge is 2.24. The summed E-state index contributed by atoms with van der Waals surface area (Å²) in [6, 6.07) is 15.5. The van der Waals surface area contributed by atoms with Crippen LogP contribution < -0.4 is 15.5 Å². The fraction of sp³-hybridized carbons (Fsp3) is 0.541. The maximum atomic E-state index is 13.3. The second-order valence-corrected chi connectivity index (χ2v) is 17.7. The lowest BCUT2D eigenvalue weighted by Gasteiger charge is -2.26. The van der Waals surface area contributed by atoms with Gasteiger partial charge in [0.1, 0.15) is 0 Å². The number of benzene rings is 2. The highest BCUT2D eigenvalue weighted by Crippen LogP contribution is 2.47. The van der Waals surface area contributed by atoms with E-state index in [9.17, 15) is 23.8 Å². The maximum absolute atomic E-state index is 13.3. The molecule has 2 aromatic rings. The summed E-state index contributed by atoms with van der Waals surface area (Å²) in [4.78, 5) is 49.4. The van der Waals surface area contributed by atoms with Crippen LogP contribution in [0.1, 0.15) is 95.2 Å². The summed E-state index contributed by atoms with van der Waals surface area (Å²) in [5.41, 5.74) is 3.08. The Labute approximate surface area is 300 Å². The van der Waals surface area contributed by atoms with Crippen LogP contribution in [-0.2, 0) is 30.0 Å². The minimum absolute atomic E-state index is 0.0825. The quantitative estimate of drug-likeness (QED) is 0.0499. The number of nitrogens with zero attached hydrogens (tertiary/aromatic N) is 1. The number of carbonyl (C=O) groups excluding carboxylic acids is 3. The molecular formula is C37H52N3O6PS2. The van der Waals surface area contributed by atoms with E-state index in [0.29, 0.717) is 32.0 Å². The molecule has 0 aliphatic carbocycles. The van der Waals surface area contributed by atoms with E-state index in [0.717, 1.165) is 72.4 Å². The lowest BCUT2D eigenvalue weighted by atomic mass is 10.0. The van der Waals surface area contributed by atoms with Crippen molar-refractivity contribution in [2.75, 3.05) is 36.1 Å². The summed E-state index contributed by atoms with van der Waals surface area (Å²) in [7, 11) is 0.0193. The molecule has 3 amide bonds. The van der Waals surface area contributed by atoms with Crippen LogP contribution in [0.3, 0.4) is 0 Å². The Hall–Kier alpha value is -2.74. The van der Waals surface area contributed by atoms with Crippen molar-refractivity contribution in [2.24, 2.45) is 5.92 Å². The summed E-state index contributed by atoms with van der Waals surface area (Å²) in [5.74, 6) is 8.49. The summed E-state index contributed by atoms with van der Waals surface area (Å²) < 4.78 is 16.9. The van der Waals surface area contributed by atoms with Gasteiger partial charge in [-0.25, -0.2) is 0 Å². The molecule has 3 N–H and O–H groups in total. The molecule has 2 aromatic carbocycles. The molecule has 49 heavy (non-hydrogen) atoms. The number of unbranched alkanes of at least 4 members (excludes halogenated alkanes) is 3. The molecular weight excluding hydrogens is 678 g/mol. The largest absolute Gasteiger partial charge is 0.356 e. The van der Waals surface area contributed by atoms with Crippen molar-refractivity contribution in [3.63, 3.8) is 0 Å². The molecule has 0 aromatic heterocycles. The van der Waals surface area contributed by atoms with Gasteiger partial charge in [-0.15, -0.1) is 0 Å². The second kappa shape index (κ2) is 22.2. The Morgan fingerprint density at radius 2 is 1.49 bits per heavy atom. The minimum atomic E-state index is -3.48. The van der Waals surface area contributed by atoms with Crippen LogP contribution in [0.4, 0.5) is 5.69 Å². The zero-order chi connectivity index (χ0) is 35.5. The number of nitrogens with one attached hydrogen (secondary N) is 2. The van der Waals surface area contributed by atoms with Crippen molar-refractivity contribution in [1.29, 1.82) is 0 Å². The number of carbonyl (C=O) groups is 3. The van der Waals surface area contributed by atoms with E-state index >= 15 is 0 Å². The van der Waals surface area contributed by atoms with Gasteiger partial charge in [0.25, 0.3) is 0 Å². The van der Waals surface area contributed by atoms with Crippen molar-refractivity contribution in [1.82, 2.24) is 10.6 Å². The van der Waals surface area contributed by atoms with E-state index in [-0.39, 0.29) is 42.8 Å². The third kappa shape index (κ3) is 15.4. The minimum Gasteiger partial charge on any atom is -0.356 e. The van der Waals surface area contributed by atoms with Crippen molar-refractivity contribution < 1.29 is 28.4 Å². The Balaban J connectivity index is 1.19. The van der Waals surface area contributed by atoms with Gasteiger partial charge in [-0.05, 0) is 55.4 Å².